The molecule has 3 heterocycles. The molecule has 11 nitrogen and oxygen atoms in total. The molecule has 0 saturated heterocycles. The number of hydrogen-bond acceptors (Lipinski definition) is 8. The van der Waals surface area contributed by atoms with Gasteiger partial charge in [0.2, 0.25) is 11.7 Å². The molecule has 3 aromatic heterocycles. The number of benzene rings is 1. The number of tetrazole rings is 1. The fourth-order valence-corrected chi connectivity index (χ4v) is 2.56. The predicted molar refractivity (Wildman–Crippen MR) is 96.9 cm³/mol. The Kier molecular flexibility index (Phi) is 4.78. The lowest BCUT2D eigenvalue weighted by atomic mass is 10.1. The van der Waals surface area contributed by atoms with Gasteiger partial charge in [-0.15, -0.1) is 5.10 Å². The molecule has 4 aromatic rings. The number of hydrogen-bond donors (Lipinski definition) is 2. The van der Waals surface area contributed by atoms with Gasteiger partial charge >= 0.3 is 0 Å². The molecule has 0 fully saturated rings. The first-order valence-corrected chi connectivity index (χ1v) is 8.48. The number of H-pyrrole nitrogens is 1. The standard InChI is InChI=1S/C17H16N10O/c1-11-22-25-26-27(11)13-4-2-12(3-5-13)8-16(28)20-10-15-21-17(24-23-15)14-9-18-6-7-19-14/h2-7,9H,8,10H2,1H3,(H,20,28)(H,21,23,24). The van der Waals surface area contributed by atoms with Crippen LogP contribution in [0.5, 0.6) is 0 Å². The second-order valence-electron chi connectivity index (χ2n) is 5.95. The Hall–Kier alpha value is -4.02. The summed E-state index contributed by atoms with van der Waals surface area (Å²) in [5.41, 5.74) is 2.28. The van der Waals surface area contributed by atoms with Crippen molar-refractivity contribution < 1.29 is 4.79 Å². The second-order valence-corrected chi connectivity index (χ2v) is 5.95. The van der Waals surface area contributed by atoms with E-state index >= 15 is 0 Å². The molecule has 0 radical (unpaired) electrons. The zero-order chi connectivity index (χ0) is 19.3. The van der Waals surface area contributed by atoms with E-state index in [-0.39, 0.29) is 18.9 Å². The summed E-state index contributed by atoms with van der Waals surface area (Å²) in [5, 5.41) is 21.1. The molecule has 28 heavy (non-hydrogen) atoms. The SMILES string of the molecule is Cc1nnnn1-c1ccc(CC(=O)NCc2nc(-c3cnccn3)n[nH]2)cc1. The zero-order valence-corrected chi connectivity index (χ0v) is 14.9. The minimum atomic E-state index is -0.121. The predicted octanol–water partition coefficient (Wildman–Crippen LogP) is 0.405. The number of nitrogens with zero attached hydrogens (tertiary/aromatic N) is 8. The number of amides is 1. The highest BCUT2D eigenvalue weighted by Gasteiger charge is 2.09. The van der Waals surface area contributed by atoms with E-state index in [1.54, 1.807) is 23.3 Å². The summed E-state index contributed by atoms with van der Waals surface area (Å²) in [6, 6.07) is 7.48. The molecule has 1 amide bonds. The van der Waals surface area contributed by atoms with Crippen molar-refractivity contribution in [2.75, 3.05) is 0 Å². The van der Waals surface area contributed by atoms with Crippen molar-refractivity contribution in [1.82, 2.24) is 50.7 Å². The number of rotatable bonds is 6. The first kappa shape index (κ1) is 17.4. The van der Waals surface area contributed by atoms with E-state index in [4.69, 9.17) is 0 Å². The van der Waals surface area contributed by atoms with Crippen molar-refractivity contribution in [2.24, 2.45) is 0 Å². The van der Waals surface area contributed by atoms with E-state index in [1.165, 1.54) is 0 Å². The van der Waals surface area contributed by atoms with Crippen LogP contribution in [-0.4, -0.2) is 51.3 Å². The summed E-state index contributed by atoms with van der Waals surface area (Å²) in [5.74, 6) is 1.55. The monoisotopic (exact) mass is 376 g/mol. The van der Waals surface area contributed by atoms with Crippen molar-refractivity contribution in [1.29, 1.82) is 0 Å². The van der Waals surface area contributed by atoms with E-state index in [0.717, 1.165) is 11.3 Å². The summed E-state index contributed by atoms with van der Waals surface area (Å²) in [6.45, 7) is 2.06. The lowest BCUT2D eigenvalue weighted by Gasteiger charge is -2.05. The van der Waals surface area contributed by atoms with Gasteiger partial charge in [-0.2, -0.15) is 9.78 Å². The number of carbonyl (C=O) groups is 1. The minimum absolute atomic E-state index is 0.121. The third-order valence-corrected chi connectivity index (χ3v) is 3.95. The molecule has 0 aliphatic heterocycles. The lowest BCUT2D eigenvalue weighted by molar-refractivity contribution is -0.120. The average Bonchev–Trinajstić information content (AvgIpc) is 3.37. The molecule has 0 aliphatic carbocycles. The van der Waals surface area contributed by atoms with Gasteiger partial charge < -0.3 is 5.32 Å². The summed E-state index contributed by atoms with van der Waals surface area (Å²) in [7, 11) is 0. The van der Waals surface area contributed by atoms with Crippen molar-refractivity contribution in [3.8, 4) is 17.2 Å². The molecule has 0 atom stereocenters. The van der Waals surface area contributed by atoms with Gasteiger partial charge in [-0.1, -0.05) is 12.1 Å². The molecule has 0 aliphatic rings. The van der Waals surface area contributed by atoms with Gasteiger partial charge in [0, 0.05) is 12.4 Å². The van der Waals surface area contributed by atoms with Crippen LogP contribution in [0.3, 0.4) is 0 Å². The van der Waals surface area contributed by atoms with Crippen LogP contribution in [0, 0.1) is 6.92 Å². The Labute approximate surface area is 159 Å². The van der Waals surface area contributed by atoms with Gasteiger partial charge in [0.05, 0.1) is 24.8 Å². The number of aromatic amines is 1. The lowest BCUT2D eigenvalue weighted by Crippen LogP contribution is -2.25. The Morgan fingerprint density at radius 3 is 2.79 bits per heavy atom. The minimum Gasteiger partial charge on any atom is -0.349 e. The number of carbonyl (C=O) groups excluding carboxylic acids is 1. The van der Waals surface area contributed by atoms with Crippen LogP contribution >= 0.6 is 0 Å². The molecule has 2 N–H and O–H groups in total. The molecule has 0 unspecified atom stereocenters. The fraction of sp³-hybridized carbons (Fsp3) is 0.176. The third kappa shape index (κ3) is 3.87. The zero-order valence-electron chi connectivity index (χ0n) is 14.9. The smallest absolute Gasteiger partial charge is 0.224 e. The number of nitrogens with one attached hydrogen (secondary N) is 2. The van der Waals surface area contributed by atoms with E-state index in [0.29, 0.717) is 23.2 Å². The van der Waals surface area contributed by atoms with Crippen LogP contribution in [0.25, 0.3) is 17.2 Å². The first-order chi connectivity index (χ1) is 13.7. The third-order valence-electron chi connectivity index (χ3n) is 3.95. The molecular weight excluding hydrogens is 360 g/mol. The summed E-state index contributed by atoms with van der Waals surface area (Å²) in [4.78, 5) is 24.6. The summed E-state index contributed by atoms with van der Waals surface area (Å²) in [6.07, 6.45) is 4.97. The number of aromatic nitrogens is 9. The van der Waals surface area contributed by atoms with Crippen LogP contribution in [0.1, 0.15) is 17.2 Å². The van der Waals surface area contributed by atoms with Crippen molar-refractivity contribution in [2.45, 2.75) is 19.9 Å². The van der Waals surface area contributed by atoms with E-state index in [1.807, 2.05) is 31.2 Å². The summed E-state index contributed by atoms with van der Waals surface area (Å²) >= 11 is 0. The van der Waals surface area contributed by atoms with Crippen LogP contribution < -0.4 is 5.32 Å². The molecular formula is C17H16N10O. The van der Waals surface area contributed by atoms with Crippen molar-refractivity contribution in [3.05, 3.63) is 60.1 Å². The van der Waals surface area contributed by atoms with Crippen LogP contribution in [-0.2, 0) is 17.8 Å². The topological polar surface area (TPSA) is 140 Å². The highest BCUT2D eigenvalue weighted by atomic mass is 16.1. The van der Waals surface area contributed by atoms with Gasteiger partial charge in [0.1, 0.15) is 11.5 Å². The maximum absolute atomic E-state index is 12.2. The summed E-state index contributed by atoms with van der Waals surface area (Å²) < 4.78 is 1.63. The molecule has 140 valence electrons. The highest BCUT2D eigenvalue weighted by molar-refractivity contribution is 5.78. The fourth-order valence-electron chi connectivity index (χ4n) is 2.56. The Morgan fingerprint density at radius 2 is 2.07 bits per heavy atom. The van der Waals surface area contributed by atoms with Gasteiger partial charge in [0.25, 0.3) is 0 Å². The Morgan fingerprint density at radius 1 is 1.21 bits per heavy atom. The molecule has 0 bridgehead atoms. The average molecular weight is 376 g/mol. The molecule has 0 spiro atoms. The Balaban J connectivity index is 1.32. The quantitative estimate of drug-likeness (QED) is 0.493. The van der Waals surface area contributed by atoms with Gasteiger partial charge in [-0.05, 0) is 35.0 Å². The van der Waals surface area contributed by atoms with Crippen LogP contribution in [0.2, 0.25) is 0 Å². The first-order valence-electron chi connectivity index (χ1n) is 8.48. The highest BCUT2D eigenvalue weighted by Crippen LogP contribution is 2.11. The maximum atomic E-state index is 12.2. The normalized spacial score (nSPS) is 10.8. The van der Waals surface area contributed by atoms with Gasteiger partial charge in [0.15, 0.2) is 5.82 Å². The molecule has 11 heteroatoms. The Bertz CT molecular complexity index is 1070. The number of aryl methyl sites for hydroxylation is 1. The van der Waals surface area contributed by atoms with Crippen molar-refractivity contribution >= 4 is 5.91 Å². The second kappa shape index (κ2) is 7.70. The molecule has 0 saturated carbocycles. The largest absolute Gasteiger partial charge is 0.349 e. The van der Waals surface area contributed by atoms with Crippen molar-refractivity contribution in [3.63, 3.8) is 0 Å². The molecule has 1 aromatic carbocycles. The van der Waals surface area contributed by atoms with Crippen LogP contribution in [0.4, 0.5) is 0 Å². The van der Waals surface area contributed by atoms with E-state index in [2.05, 4.69) is 46.0 Å². The van der Waals surface area contributed by atoms with E-state index < -0.39 is 0 Å². The maximum Gasteiger partial charge on any atom is 0.224 e. The van der Waals surface area contributed by atoms with E-state index in [9.17, 15) is 4.79 Å². The van der Waals surface area contributed by atoms with Gasteiger partial charge in [-0.25, -0.2) is 9.97 Å². The molecule has 4 rings (SSSR count). The van der Waals surface area contributed by atoms with Gasteiger partial charge in [-0.3, -0.25) is 14.9 Å². The van der Waals surface area contributed by atoms with Crippen LogP contribution in [0.15, 0.2) is 42.9 Å².